The van der Waals surface area contributed by atoms with Gasteiger partial charge in [0.25, 0.3) is 0 Å². The van der Waals surface area contributed by atoms with E-state index in [1.165, 1.54) is 0 Å². The molecule has 16 heavy (non-hydrogen) atoms. The number of rotatable bonds is 6. The molecule has 0 aliphatic heterocycles. The molecule has 0 aliphatic rings. The van der Waals surface area contributed by atoms with Crippen LogP contribution in [0.2, 0.25) is 0 Å². The molecule has 0 aromatic carbocycles. The van der Waals surface area contributed by atoms with E-state index >= 15 is 0 Å². The van der Waals surface area contributed by atoms with Crippen molar-refractivity contribution in [2.45, 2.75) is 45.3 Å². The normalized spacial score (nSPS) is 14.1. The van der Waals surface area contributed by atoms with Gasteiger partial charge in [0, 0.05) is 6.61 Å². The van der Waals surface area contributed by atoms with Crippen LogP contribution in [0.25, 0.3) is 0 Å². The van der Waals surface area contributed by atoms with Gasteiger partial charge in [0.1, 0.15) is 5.76 Å². The summed E-state index contributed by atoms with van der Waals surface area (Å²) in [7, 11) is 0. The van der Waals surface area contributed by atoms with Crippen LogP contribution in [-0.4, -0.2) is 12.2 Å². The first-order valence-electron chi connectivity index (χ1n) is 5.73. The minimum absolute atomic E-state index is 0.244. The van der Waals surface area contributed by atoms with Gasteiger partial charge in [-0.2, -0.15) is 0 Å². The first kappa shape index (κ1) is 13.7. The number of nitrogens with two attached hydrogens (primary N) is 1. The molecule has 0 spiro atoms. The van der Waals surface area contributed by atoms with Crippen LogP contribution in [0.3, 0.4) is 0 Å². The van der Waals surface area contributed by atoms with Crippen molar-refractivity contribution in [3.63, 3.8) is 0 Å². The summed E-state index contributed by atoms with van der Waals surface area (Å²) in [4.78, 5) is 0. The molecule has 0 saturated heterocycles. The number of hydrogen-bond acceptors (Lipinski definition) is 3. The van der Waals surface area contributed by atoms with Gasteiger partial charge in [-0.15, -0.1) is 0 Å². The van der Waals surface area contributed by atoms with E-state index in [-0.39, 0.29) is 11.6 Å². The molecule has 1 rings (SSSR count). The third-order valence-electron chi connectivity index (χ3n) is 3.12. The van der Waals surface area contributed by atoms with Crippen LogP contribution in [0.5, 0.6) is 0 Å². The fourth-order valence-corrected chi connectivity index (χ4v) is 2.49. The van der Waals surface area contributed by atoms with Gasteiger partial charge >= 0.3 is 0 Å². The predicted molar refractivity (Wildman–Crippen MR) is 68.3 cm³/mol. The van der Waals surface area contributed by atoms with E-state index in [0.717, 1.165) is 23.1 Å². The summed E-state index contributed by atoms with van der Waals surface area (Å²) >= 11 is 3.44. The maximum Gasteiger partial charge on any atom is 0.137 e. The lowest BCUT2D eigenvalue weighted by Crippen LogP contribution is -2.43. The van der Waals surface area contributed by atoms with E-state index in [2.05, 4.69) is 29.8 Å². The van der Waals surface area contributed by atoms with Gasteiger partial charge in [0.2, 0.25) is 0 Å². The highest BCUT2D eigenvalue weighted by atomic mass is 79.9. The zero-order valence-electron chi connectivity index (χ0n) is 10.1. The van der Waals surface area contributed by atoms with E-state index < -0.39 is 0 Å². The van der Waals surface area contributed by atoms with Crippen LogP contribution >= 0.6 is 15.9 Å². The van der Waals surface area contributed by atoms with E-state index in [4.69, 9.17) is 14.9 Å². The molecule has 1 heterocycles. The zero-order valence-corrected chi connectivity index (χ0v) is 11.7. The molecule has 0 aliphatic carbocycles. The van der Waals surface area contributed by atoms with E-state index in [0.29, 0.717) is 6.61 Å². The smallest absolute Gasteiger partial charge is 0.137 e. The second-order valence-corrected chi connectivity index (χ2v) is 4.67. The quantitative estimate of drug-likeness (QED) is 0.870. The Bertz CT molecular complexity index is 321. The van der Waals surface area contributed by atoms with E-state index in [1.807, 2.05) is 13.0 Å². The molecular weight excluding hydrogens is 270 g/mol. The topological polar surface area (TPSA) is 48.4 Å². The Hall–Kier alpha value is -0.320. The van der Waals surface area contributed by atoms with Gasteiger partial charge in [-0.25, -0.2) is 0 Å². The van der Waals surface area contributed by atoms with Crippen LogP contribution in [0, 0.1) is 0 Å². The summed E-state index contributed by atoms with van der Waals surface area (Å²) in [6.07, 6.45) is 3.37. The van der Waals surface area contributed by atoms with Gasteiger partial charge in [-0.1, -0.05) is 13.8 Å². The highest BCUT2D eigenvalue weighted by Crippen LogP contribution is 2.36. The highest BCUT2D eigenvalue weighted by molar-refractivity contribution is 9.10. The highest BCUT2D eigenvalue weighted by Gasteiger charge is 2.37. The molecule has 0 bridgehead atoms. The van der Waals surface area contributed by atoms with Crippen molar-refractivity contribution in [1.29, 1.82) is 0 Å². The lowest BCUT2D eigenvalue weighted by atomic mass is 9.87. The second-order valence-electron chi connectivity index (χ2n) is 3.82. The molecule has 3 nitrogen and oxygen atoms in total. The fraction of sp³-hybridized carbons (Fsp3) is 0.667. The van der Waals surface area contributed by atoms with Crippen LogP contribution in [0.4, 0.5) is 0 Å². The largest absolute Gasteiger partial charge is 0.466 e. The molecule has 1 aromatic rings. The third-order valence-corrected chi connectivity index (χ3v) is 3.78. The number of furan rings is 1. The van der Waals surface area contributed by atoms with Gasteiger partial charge in [0.05, 0.1) is 22.4 Å². The summed E-state index contributed by atoms with van der Waals surface area (Å²) in [6.45, 7) is 6.84. The standard InChI is InChI=1S/C12H20BrNO2/c1-4-12(5-2,16-6-3)11(14)10-9(13)7-8-15-10/h7-8,11H,4-6,14H2,1-3H3. The average Bonchev–Trinajstić information content (AvgIpc) is 2.71. The zero-order chi connectivity index (χ0) is 12.2. The molecule has 1 atom stereocenters. The van der Waals surface area contributed by atoms with Crippen molar-refractivity contribution in [2.75, 3.05) is 6.61 Å². The lowest BCUT2D eigenvalue weighted by Gasteiger charge is -2.36. The summed E-state index contributed by atoms with van der Waals surface area (Å²) in [5.41, 5.74) is 5.94. The predicted octanol–water partition coefficient (Wildman–Crippen LogP) is 3.64. The Morgan fingerprint density at radius 3 is 2.44 bits per heavy atom. The molecule has 0 amide bonds. The SMILES string of the molecule is CCOC(CC)(CC)C(N)c1occc1Br. The average molecular weight is 290 g/mol. The summed E-state index contributed by atoms with van der Waals surface area (Å²) in [5.74, 6) is 0.761. The molecule has 0 saturated carbocycles. The molecule has 92 valence electrons. The van der Waals surface area contributed by atoms with Crippen LogP contribution in [0.1, 0.15) is 45.4 Å². The first-order chi connectivity index (χ1) is 7.61. The summed E-state index contributed by atoms with van der Waals surface area (Å²) < 4.78 is 12.2. The maximum atomic E-state index is 6.28. The Kier molecular flexibility index (Phi) is 5.02. The number of hydrogen-bond donors (Lipinski definition) is 1. The van der Waals surface area contributed by atoms with Crippen molar-refractivity contribution in [3.05, 3.63) is 22.6 Å². The van der Waals surface area contributed by atoms with Crippen molar-refractivity contribution in [2.24, 2.45) is 5.73 Å². The molecule has 0 fully saturated rings. The van der Waals surface area contributed by atoms with Crippen molar-refractivity contribution < 1.29 is 9.15 Å². The van der Waals surface area contributed by atoms with Gasteiger partial charge in [-0.3, -0.25) is 0 Å². The van der Waals surface area contributed by atoms with E-state index in [1.54, 1.807) is 6.26 Å². The molecule has 1 unspecified atom stereocenters. The van der Waals surface area contributed by atoms with Gasteiger partial charge in [-0.05, 0) is 41.8 Å². The van der Waals surface area contributed by atoms with Crippen LogP contribution < -0.4 is 5.73 Å². The van der Waals surface area contributed by atoms with Crippen molar-refractivity contribution >= 4 is 15.9 Å². The molecule has 4 heteroatoms. The summed E-state index contributed by atoms with van der Waals surface area (Å²) in [6, 6.07) is 1.61. The number of ether oxygens (including phenoxy) is 1. The first-order valence-corrected chi connectivity index (χ1v) is 6.53. The Balaban J connectivity index is 2.99. The monoisotopic (exact) mass is 289 g/mol. The van der Waals surface area contributed by atoms with E-state index in [9.17, 15) is 0 Å². The van der Waals surface area contributed by atoms with Gasteiger partial charge < -0.3 is 14.9 Å². The maximum absolute atomic E-state index is 6.28. The summed E-state index contributed by atoms with van der Waals surface area (Å²) in [5, 5.41) is 0. The van der Waals surface area contributed by atoms with Gasteiger partial charge in [0.15, 0.2) is 0 Å². The van der Waals surface area contributed by atoms with Crippen LogP contribution in [0.15, 0.2) is 21.2 Å². The van der Waals surface area contributed by atoms with Crippen molar-refractivity contribution in [3.8, 4) is 0 Å². The van der Waals surface area contributed by atoms with Crippen LogP contribution in [-0.2, 0) is 4.74 Å². The Morgan fingerprint density at radius 1 is 1.44 bits per heavy atom. The lowest BCUT2D eigenvalue weighted by molar-refractivity contribution is -0.0686. The van der Waals surface area contributed by atoms with Crippen molar-refractivity contribution in [1.82, 2.24) is 0 Å². The molecular formula is C12H20BrNO2. The second kappa shape index (κ2) is 5.84. The fourth-order valence-electron chi connectivity index (χ4n) is 2.04. The minimum Gasteiger partial charge on any atom is -0.466 e. The Morgan fingerprint density at radius 2 is 2.06 bits per heavy atom. The number of halogens is 1. The minimum atomic E-state index is -0.338. The molecule has 0 radical (unpaired) electrons. The molecule has 2 N–H and O–H groups in total. The Labute approximate surface area is 105 Å². The molecule has 1 aromatic heterocycles. The third kappa shape index (κ3) is 2.50.